The van der Waals surface area contributed by atoms with Crippen molar-refractivity contribution in [2.75, 3.05) is 39.0 Å². The molecule has 0 saturated heterocycles. The zero-order chi connectivity index (χ0) is 17.9. The molecule has 0 fully saturated rings. The molecule has 3 N–H and O–H groups in total. The second-order valence-electron chi connectivity index (χ2n) is 5.91. The van der Waals surface area contributed by atoms with Crippen molar-refractivity contribution in [3.05, 3.63) is 0 Å². The average molecular weight is 354 g/mol. The third-order valence-electron chi connectivity index (χ3n) is 2.47. The first-order valence-corrected chi connectivity index (χ1v) is 9.58. The van der Waals surface area contributed by atoms with Crippen molar-refractivity contribution in [2.45, 2.75) is 46.3 Å². The minimum atomic E-state index is -3.07. The SMILES string of the molecule is CCOP(=O)(CCNCC(O)CNC(=O)OC(C)(C)C)OCC. The highest BCUT2D eigenvalue weighted by Gasteiger charge is 2.22. The van der Waals surface area contributed by atoms with Crippen LogP contribution in [-0.4, -0.2) is 61.9 Å². The van der Waals surface area contributed by atoms with Crippen molar-refractivity contribution in [1.82, 2.24) is 10.6 Å². The van der Waals surface area contributed by atoms with Gasteiger partial charge in [-0.25, -0.2) is 4.79 Å². The number of aliphatic hydroxyl groups excluding tert-OH is 1. The van der Waals surface area contributed by atoms with Crippen molar-refractivity contribution < 1.29 is 28.3 Å². The molecule has 1 amide bonds. The van der Waals surface area contributed by atoms with E-state index in [1.54, 1.807) is 34.6 Å². The maximum Gasteiger partial charge on any atom is 0.407 e. The predicted molar refractivity (Wildman–Crippen MR) is 88.8 cm³/mol. The van der Waals surface area contributed by atoms with Crippen molar-refractivity contribution in [1.29, 1.82) is 0 Å². The Morgan fingerprint density at radius 2 is 1.74 bits per heavy atom. The Kier molecular flexibility index (Phi) is 10.7. The Balaban J connectivity index is 3.91. The first kappa shape index (κ1) is 22.3. The number of alkyl carbamates (subject to hydrolysis) is 1. The van der Waals surface area contributed by atoms with Crippen LogP contribution in [0.1, 0.15) is 34.6 Å². The van der Waals surface area contributed by atoms with Crippen molar-refractivity contribution in [3.8, 4) is 0 Å². The molecule has 1 atom stereocenters. The largest absolute Gasteiger partial charge is 0.444 e. The highest BCUT2D eigenvalue weighted by Crippen LogP contribution is 2.47. The Hall–Kier alpha value is -0.660. The van der Waals surface area contributed by atoms with E-state index in [1.807, 2.05) is 0 Å². The van der Waals surface area contributed by atoms with Gasteiger partial charge < -0.3 is 29.5 Å². The van der Waals surface area contributed by atoms with Crippen LogP contribution in [0.15, 0.2) is 0 Å². The minimum Gasteiger partial charge on any atom is -0.444 e. The van der Waals surface area contributed by atoms with Gasteiger partial charge in [0.15, 0.2) is 0 Å². The summed E-state index contributed by atoms with van der Waals surface area (Å²) in [6, 6.07) is 0. The summed E-state index contributed by atoms with van der Waals surface area (Å²) in [5.74, 6) is 0. The first-order valence-electron chi connectivity index (χ1n) is 7.85. The molecule has 0 aromatic rings. The van der Waals surface area contributed by atoms with Gasteiger partial charge in [-0.3, -0.25) is 4.57 Å². The summed E-state index contributed by atoms with van der Waals surface area (Å²) in [5.41, 5.74) is -0.576. The van der Waals surface area contributed by atoms with Crippen LogP contribution in [0.5, 0.6) is 0 Å². The molecule has 0 spiro atoms. The third kappa shape index (κ3) is 12.4. The van der Waals surface area contributed by atoms with Gasteiger partial charge in [0.05, 0.1) is 25.5 Å². The maximum absolute atomic E-state index is 12.2. The molecule has 8 nitrogen and oxygen atoms in total. The van der Waals surface area contributed by atoms with E-state index in [0.717, 1.165) is 0 Å². The van der Waals surface area contributed by atoms with E-state index in [9.17, 15) is 14.5 Å². The third-order valence-corrected chi connectivity index (χ3v) is 4.55. The Bertz CT molecular complexity index is 376. The number of carbonyl (C=O) groups excluding carboxylic acids is 1. The molecule has 0 radical (unpaired) electrons. The Labute approximate surface area is 138 Å². The monoisotopic (exact) mass is 354 g/mol. The number of hydrogen-bond donors (Lipinski definition) is 3. The fraction of sp³-hybridized carbons (Fsp3) is 0.929. The lowest BCUT2D eigenvalue weighted by Crippen LogP contribution is -2.40. The Morgan fingerprint density at radius 1 is 1.17 bits per heavy atom. The molecule has 0 rings (SSSR count). The summed E-state index contributed by atoms with van der Waals surface area (Å²) >= 11 is 0. The lowest BCUT2D eigenvalue weighted by Gasteiger charge is -2.21. The van der Waals surface area contributed by atoms with Gasteiger partial charge in [0.1, 0.15) is 5.60 Å². The van der Waals surface area contributed by atoms with Gasteiger partial charge in [-0.1, -0.05) is 0 Å². The van der Waals surface area contributed by atoms with Gasteiger partial charge in [0, 0.05) is 19.6 Å². The van der Waals surface area contributed by atoms with Crippen LogP contribution in [0, 0.1) is 0 Å². The quantitative estimate of drug-likeness (QED) is 0.383. The van der Waals surface area contributed by atoms with E-state index in [1.165, 1.54) is 0 Å². The number of amides is 1. The fourth-order valence-electron chi connectivity index (χ4n) is 1.63. The molecule has 0 heterocycles. The molecule has 0 bridgehead atoms. The zero-order valence-electron chi connectivity index (χ0n) is 14.8. The molecule has 0 aromatic carbocycles. The molecule has 138 valence electrons. The van der Waals surface area contributed by atoms with Gasteiger partial charge in [0.25, 0.3) is 0 Å². The smallest absolute Gasteiger partial charge is 0.407 e. The molecule has 9 heteroatoms. The number of carbonyl (C=O) groups is 1. The standard InChI is InChI=1S/C14H31N2O6P/c1-6-20-23(19,21-7-2)9-8-15-10-12(17)11-16-13(18)22-14(3,4)5/h12,15,17H,6-11H2,1-5H3,(H,16,18). The van der Waals surface area contributed by atoms with Crippen molar-refractivity contribution in [3.63, 3.8) is 0 Å². The van der Waals surface area contributed by atoms with Crippen LogP contribution in [0.2, 0.25) is 0 Å². The van der Waals surface area contributed by atoms with Crippen LogP contribution < -0.4 is 10.6 Å². The van der Waals surface area contributed by atoms with Gasteiger partial charge in [0.2, 0.25) is 0 Å². The predicted octanol–water partition coefficient (Wildman–Crippen LogP) is 1.73. The van der Waals surface area contributed by atoms with Crippen LogP contribution in [-0.2, 0) is 18.3 Å². The van der Waals surface area contributed by atoms with Crippen molar-refractivity contribution in [2.24, 2.45) is 0 Å². The van der Waals surface area contributed by atoms with Crippen LogP contribution in [0.25, 0.3) is 0 Å². The minimum absolute atomic E-state index is 0.0660. The van der Waals surface area contributed by atoms with E-state index in [-0.39, 0.29) is 19.3 Å². The van der Waals surface area contributed by atoms with Gasteiger partial charge >= 0.3 is 13.7 Å². The van der Waals surface area contributed by atoms with Gasteiger partial charge in [-0.05, 0) is 34.6 Å². The van der Waals surface area contributed by atoms with Crippen LogP contribution in [0.4, 0.5) is 4.79 Å². The number of ether oxygens (including phenoxy) is 1. The molecule has 0 aliphatic rings. The summed E-state index contributed by atoms with van der Waals surface area (Å²) < 4.78 is 27.6. The van der Waals surface area contributed by atoms with Crippen molar-refractivity contribution >= 4 is 13.7 Å². The highest BCUT2D eigenvalue weighted by atomic mass is 31.2. The summed E-state index contributed by atoms with van der Waals surface area (Å²) in [5, 5.41) is 15.2. The topological polar surface area (TPSA) is 106 Å². The normalized spacial score (nSPS) is 13.7. The lowest BCUT2D eigenvalue weighted by atomic mass is 10.2. The first-order chi connectivity index (χ1) is 10.6. The molecule has 0 aliphatic heterocycles. The zero-order valence-corrected chi connectivity index (χ0v) is 15.7. The second kappa shape index (κ2) is 11.0. The molecule has 23 heavy (non-hydrogen) atoms. The highest BCUT2D eigenvalue weighted by molar-refractivity contribution is 7.53. The van der Waals surface area contributed by atoms with Crippen LogP contribution in [0.3, 0.4) is 0 Å². The summed E-state index contributed by atoms with van der Waals surface area (Å²) in [6.45, 7) is 10.1. The lowest BCUT2D eigenvalue weighted by molar-refractivity contribution is 0.0492. The van der Waals surface area contributed by atoms with Crippen LogP contribution >= 0.6 is 7.60 Å². The average Bonchev–Trinajstić information content (AvgIpc) is 2.40. The summed E-state index contributed by atoms with van der Waals surface area (Å²) in [6.07, 6.45) is -1.13. The number of hydrogen-bond acceptors (Lipinski definition) is 7. The maximum atomic E-state index is 12.2. The number of aliphatic hydroxyl groups is 1. The Morgan fingerprint density at radius 3 is 2.22 bits per heavy atom. The molecular weight excluding hydrogens is 323 g/mol. The molecule has 0 saturated carbocycles. The molecular formula is C14H31N2O6P. The van der Waals surface area contributed by atoms with E-state index < -0.39 is 25.4 Å². The molecule has 0 aliphatic carbocycles. The van der Waals surface area contributed by atoms with Gasteiger partial charge in [-0.15, -0.1) is 0 Å². The molecule has 1 unspecified atom stereocenters. The second-order valence-corrected chi connectivity index (χ2v) is 8.10. The number of nitrogens with one attached hydrogen (secondary N) is 2. The summed E-state index contributed by atoms with van der Waals surface area (Å²) in [7, 11) is -3.07. The van der Waals surface area contributed by atoms with E-state index in [2.05, 4.69) is 10.6 Å². The fourth-order valence-corrected chi connectivity index (χ4v) is 3.18. The van der Waals surface area contributed by atoms with Gasteiger partial charge in [-0.2, -0.15) is 0 Å². The number of rotatable bonds is 11. The van der Waals surface area contributed by atoms with E-state index in [4.69, 9.17) is 13.8 Å². The van der Waals surface area contributed by atoms with E-state index >= 15 is 0 Å². The van der Waals surface area contributed by atoms with E-state index in [0.29, 0.717) is 19.8 Å². The summed E-state index contributed by atoms with van der Waals surface area (Å²) in [4.78, 5) is 11.4. The molecule has 0 aromatic heterocycles.